The van der Waals surface area contributed by atoms with Gasteiger partial charge in [-0.15, -0.1) is 0 Å². The van der Waals surface area contributed by atoms with E-state index in [1.165, 1.54) is 293 Å². The van der Waals surface area contributed by atoms with E-state index in [2.05, 4.69) is 155 Å². The molecule has 14 nitrogen and oxygen atoms in total. The van der Waals surface area contributed by atoms with Crippen molar-refractivity contribution in [1.29, 1.82) is 0 Å². The summed E-state index contributed by atoms with van der Waals surface area (Å²) >= 11 is 0. The van der Waals surface area contributed by atoms with E-state index in [1.807, 2.05) is 35.2 Å². The lowest BCUT2D eigenvalue weighted by Crippen LogP contribution is -2.59. The maximum Gasteiger partial charge on any atom is 0.119 e. The summed E-state index contributed by atoms with van der Waals surface area (Å²) in [6.07, 6.45) is 52.5. The van der Waals surface area contributed by atoms with Crippen LogP contribution in [0.3, 0.4) is 0 Å². The van der Waals surface area contributed by atoms with E-state index in [1.54, 1.807) is 44.9 Å². The van der Waals surface area contributed by atoms with Crippen molar-refractivity contribution in [2.24, 2.45) is 41.4 Å². The van der Waals surface area contributed by atoms with Crippen molar-refractivity contribution in [1.82, 2.24) is 34.3 Å². The fraction of sp³-hybridized carbons (Fsp3) is 0.669. The second kappa shape index (κ2) is 40.5. The van der Waals surface area contributed by atoms with Gasteiger partial charge in [-0.3, -0.25) is 0 Å². The third-order valence-corrected chi connectivity index (χ3v) is 43.3. The zero-order valence-electron chi connectivity index (χ0n) is 101. The first-order chi connectivity index (χ1) is 74.5. The number of methoxy groups -OCH3 is 6. The predicted octanol–water partition coefficient (Wildman–Crippen LogP) is 24.1. The topological polar surface area (TPSA) is 87.3 Å². The lowest BCUT2D eigenvalue weighted by atomic mass is 9.52. The highest BCUT2D eigenvalue weighted by Gasteiger charge is 2.61. The Balaban J connectivity index is 0.000000101. The number of piperidine rings is 7. The number of likely N-dealkylation sites (N-methyl/N-ethyl adjacent to an activating group) is 7. The van der Waals surface area contributed by atoms with Gasteiger partial charge in [-0.2, -0.15) is 0 Å². The largest absolute Gasteiger partial charge is 0.497 e. The third-order valence-electron chi connectivity index (χ3n) is 43.3. The van der Waals surface area contributed by atoms with E-state index in [4.69, 9.17) is 52.3 Å². The monoisotopic (exact) mass is 1930 g/mol. The molecule has 8 unspecified atom stereocenters. The Kier molecular flexibility index (Phi) is 23.8. The smallest absolute Gasteiger partial charge is 0.119 e. The van der Waals surface area contributed by atoms with Gasteiger partial charge in [0.05, 0.1) is 60.0 Å². The second-order valence-electron chi connectivity index (χ2n) is 48.4. The lowest BCUT2D eigenvalue weighted by molar-refractivity contribution is 0.00270. The van der Waals surface area contributed by atoms with Crippen molar-refractivity contribution < 1.29 is 52.3 Å². The Labute approximate surface area is 869 Å². The molecule has 7 aromatic carbocycles. The molecule has 7 saturated heterocycles. The van der Waals surface area contributed by atoms with E-state index >= 15 is 0 Å². The van der Waals surface area contributed by atoms with Crippen LogP contribution in [0.25, 0.3) is 0 Å². The minimum absolute atomic E-state index is 0.0145. The molecule has 0 radical (unpaired) electrons. The Hall–Kier alpha value is -7.14. The Bertz CT molecular complexity index is 6000. The number of fused-ring (bicyclic) bond motifs is 7. The Morgan fingerprint density at radius 3 is 0.723 bits per heavy atom. The van der Waals surface area contributed by atoms with E-state index in [0.717, 1.165) is 136 Å². The molecular formula is C127H177N7O7. The molecule has 21 aliphatic rings. The molecule has 28 rings (SSSR count). The van der Waals surface area contributed by atoms with E-state index < -0.39 is 34.6 Å². The summed E-state index contributed by atoms with van der Waals surface area (Å²) in [5, 5.41) is 0. The van der Waals surface area contributed by atoms with E-state index in [-0.39, 0.29) is 34.8 Å². The summed E-state index contributed by atoms with van der Waals surface area (Å²) in [4.78, 5) is 16.7. The van der Waals surface area contributed by atoms with Crippen molar-refractivity contribution >= 4 is 0 Å². The average molecular weight is 1930 g/mol. The van der Waals surface area contributed by atoms with Crippen LogP contribution in [0.4, 0.5) is 0 Å². The Morgan fingerprint density at radius 2 is 0.482 bits per heavy atom. The summed E-state index contributed by atoms with van der Waals surface area (Å²) in [5.74, 6) is 10.6. The molecule has 14 heteroatoms. The highest BCUT2D eigenvalue weighted by molar-refractivity contribution is 5.54. The first-order valence-corrected chi connectivity index (χ1v) is 56.2. The molecule has 7 aromatic rings. The molecule has 7 heterocycles. The first kappa shape index (κ1) is 82.9. The van der Waals surface area contributed by atoms with Crippen molar-refractivity contribution in [3.05, 3.63) is 205 Å². The van der Waals surface area contributed by atoms with Gasteiger partial charge in [0.15, 0.2) is 0 Å². The van der Waals surface area contributed by atoms with Crippen molar-refractivity contribution in [3.8, 4) is 40.2 Å². The summed E-state index contributed by atoms with van der Waals surface area (Å²) in [5.41, 5.74) is 22.6. The minimum Gasteiger partial charge on any atom is -0.497 e. The van der Waals surface area contributed by atoms with Gasteiger partial charge in [-0.05, 0) is 486 Å². The third kappa shape index (κ3) is 17.1. The van der Waals surface area contributed by atoms with Crippen molar-refractivity contribution in [3.63, 3.8) is 0 Å². The summed E-state index contributed by atoms with van der Waals surface area (Å²) < 4.78 is 145. The lowest BCUT2D eigenvalue weighted by Gasteiger charge is -2.58. The SMILES string of the molecule is [2H]C(C)Oc1ccc2c(c1)[C@]13CCCCC1[C@H](C2)N(C)CC3.[2H]C([2H])([2H])N1CC[C@@]23CCCCC2[C@@H]1Cc1ccc(OC)cc13.[2H]C([2H])([2H])Oc1ccc2c(c1)[C@]13CCCCC1[C@H](C2)N(C)CC3.[2H]C([2H])([2H])Oc1ccc2c(c1)[C@]13CCCCC1[C@H](C2)N(C)CC3.[2H]C([2H])N1CC[C@@]23CCCCC2[C@@H]1Cc1ccc(OC)cc13.[2H]CN1CC[C@@]23CCCCC2[C@@H]1Cc1ccc(OC)cc13.[2H]COc1ccc2c(c1)[C@]13CCCCC1[C@H](C2)N(C)CC3. The number of likely N-dealkylation sites (tertiary alicyclic amines) is 7. The molecule has 22 atom stereocenters. The van der Waals surface area contributed by atoms with Gasteiger partial charge < -0.3 is 67.5 Å². The van der Waals surface area contributed by atoms with Crippen LogP contribution in [-0.2, 0) is 82.9 Å². The van der Waals surface area contributed by atoms with Gasteiger partial charge in [-0.1, -0.05) is 132 Å². The molecular weight excluding hydrogens is 1740 g/mol. The molecule has 0 N–H and O–H groups in total. The molecule has 0 spiro atoms. The molecule has 141 heavy (non-hydrogen) atoms. The van der Waals surface area contributed by atoms with Crippen LogP contribution in [0.15, 0.2) is 127 Å². The highest BCUT2D eigenvalue weighted by Crippen LogP contribution is 2.65. The van der Waals surface area contributed by atoms with Gasteiger partial charge in [0, 0.05) is 88.4 Å². The number of hydrogen-bond donors (Lipinski definition) is 0. The highest BCUT2D eigenvalue weighted by atomic mass is 16.5. The van der Waals surface area contributed by atoms with Crippen LogP contribution in [0.1, 0.15) is 329 Å². The fourth-order valence-electron chi connectivity index (χ4n) is 36.6. The van der Waals surface area contributed by atoms with Gasteiger partial charge in [0.25, 0.3) is 0 Å². The summed E-state index contributed by atoms with van der Waals surface area (Å²) in [6.45, 7) is 5.91. The molecule has 0 aromatic heterocycles. The molecule has 14 aliphatic carbocycles. The van der Waals surface area contributed by atoms with Gasteiger partial charge in [-0.25, -0.2) is 0 Å². The normalized spacial score (nSPS) is 37.9. The maximum atomic E-state index is 7.94. The van der Waals surface area contributed by atoms with Crippen molar-refractivity contribution in [2.75, 3.05) is 144 Å². The number of ether oxygens (including phenoxy) is 7. The van der Waals surface area contributed by atoms with Gasteiger partial charge in [0.1, 0.15) is 40.2 Å². The Morgan fingerprint density at radius 1 is 0.262 bits per heavy atom. The van der Waals surface area contributed by atoms with E-state index in [9.17, 15) is 0 Å². The molecule has 14 fully saturated rings. The van der Waals surface area contributed by atoms with Crippen LogP contribution >= 0.6 is 0 Å². The van der Waals surface area contributed by atoms with Crippen LogP contribution < -0.4 is 33.2 Å². The zero-order chi connectivity index (χ0) is 108. The average Bonchev–Trinajstić information content (AvgIpc) is 0.712. The standard InChI is InChI=1S/C19H27NO.6C18H25NO/c1-3-21-15-8-7-14-12-18-16-6-4-5-9-19(16,17(14)13-15)10-11-20(18)2;6*1-19-10-9-18-8-4-3-5-15(18)17(19)11-13-6-7-14(20-2)12-16(13)18/h7-8,13,16,18H,3-6,9-12H2,1-2H3;6*6-7,12,15,17H,3-5,8-11H2,1-2H3/t16?,18-,19-;6*15?,17-,18-/m0000000/s1/i3D;2*2D3;2D;1D3;1D2;1D/t3?,16?,18-,19-;6m. The molecule has 0 amide bonds. The zero-order valence-corrected chi connectivity index (χ0v) is 86.9. The fourth-order valence-corrected chi connectivity index (χ4v) is 36.6. The van der Waals surface area contributed by atoms with Crippen LogP contribution in [0, 0.1) is 41.4 Å². The van der Waals surface area contributed by atoms with Gasteiger partial charge in [0.2, 0.25) is 0 Å². The maximum absolute atomic E-state index is 7.94. The quantitative estimate of drug-likeness (QED) is 0.145. The van der Waals surface area contributed by atoms with Crippen LogP contribution in [0.5, 0.6) is 40.2 Å². The van der Waals surface area contributed by atoms with Crippen LogP contribution in [0.2, 0.25) is 0 Å². The predicted molar refractivity (Wildman–Crippen MR) is 574 cm³/mol. The second-order valence-corrected chi connectivity index (χ2v) is 48.4. The van der Waals surface area contributed by atoms with Gasteiger partial charge >= 0.3 is 0 Å². The number of hydrogen-bond acceptors (Lipinski definition) is 14. The van der Waals surface area contributed by atoms with E-state index in [0.29, 0.717) is 89.2 Å². The number of benzene rings is 7. The molecule has 762 valence electrons. The summed E-state index contributed by atoms with van der Waals surface area (Å²) in [7, 11) is 10.1. The number of rotatable bonds is 8. The molecule has 7 aliphatic heterocycles. The summed E-state index contributed by atoms with van der Waals surface area (Å²) in [6, 6.07) is 48.8. The number of nitrogens with zero attached hydrogens (tertiary/aromatic N) is 7. The molecule has 7 saturated carbocycles. The van der Waals surface area contributed by atoms with Crippen LogP contribution in [-0.4, -0.2) is 221 Å². The van der Waals surface area contributed by atoms with Crippen molar-refractivity contribution in [2.45, 2.75) is 357 Å². The minimum atomic E-state index is -2.37. The first-order valence-electron chi connectivity index (χ1n) is 63.8. The molecule has 14 bridgehead atoms.